The number of rotatable bonds is 4. The monoisotopic (exact) mass is 257 g/mol. The predicted octanol–water partition coefficient (Wildman–Crippen LogP) is 1.10. The van der Waals surface area contributed by atoms with Crippen LogP contribution in [0, 0.1) is 0 Å². The molecule has 1 aliphatic rings. The van der Waals surface area contributed by atoms with Crippen LogP contribution in [0.5, 0.6) is 0 Å². The van der Waals surface area contributed by atoms with Gasteiger partial charge in [-0.25, -0.2) is 4.98 Å². The van der Waals surface area contributed by atoms with Gasteiger partial charge in [0.2, 0.25) is 0 Å². The predicted molar refractivity (Wildman–Crippen MR) is 75.1 cm³/mol. The van der Waals surface area contributed by atoms with Crippen molar-refractivity contribution in [2.45, 2.75) is 6.54 Å². The van der Waals surface area contributed by atoms with Crippen LogP contribution < -0.4 is 4.90 Å². The van der Waals surface area contributed by atoms with Crippen LogP contribution >= 0.6 is 0 Å². The molecule has 100 valence electrons. The molecule has 1 saturated heterocycles. The maximum absolute atomic E-state index is 4.41. The summed E-state index contributed by atoms with van der Waals surface area (Å²) in [4.78, 5) is 9.25. The third-order valence-electron chi connectivity index (χ3n) is 3.55. The van der Waals surface area contributed by atoms with Crippen LogP contribution in [0.25, 0.3) is 0 Å². The molecule has 0 aliphatic carbocycles. The maximum Gasteiger partial charge on any atom is 0.128 e. The van der Waals surface area contributed by atoms with Gasteiger partial charge in [-0.15, -0.1) is 0 Å². The molecule has 19 heavy (non-hydrogen) atoms. The number of pyridine rings is 1. The quantitative estimate of drug-likeness (QED) is 0.822. The fourth-order valence-corrected chi connectivity index (χ4v) is 2.42. The van der Waals surface area contributed by atoms with E-state index in [0.29, 0.717) is 0 Å². The Balaban J connectivity index is 1.47. The number of aromatic nitrogens is 3. The molecule has 5 nitrogen and oxygen atoms in total. The summed E-state index contributed by atoms with van der Waals surface area (Å²) < 4.78 is 1.99. The second-order valence-corrected chi connectivity index (χ2v) is 4.79. The Bertz CT molecular complexity index is 474. The van der Waals surface area contributed by atoms with Gasteiger partial charge in [-0.3, -0.25) is 9.58 Å². The minimum Gasteiger partial charge on any atom is -0.354 e. The lowest BCUT2D eigenvalue weighted by molar-refractivity contribution is 0.244. The minimum atomic E-state index is 0.969. The van der Waals surface area contributed by atoms with Crippen molar-refractivity contribution in [1.29, 1.82) is 0 Å². The van der Waals surface area contributed by atoms with Crippen molar-refractivity contribution in [2.24, 2.45) is 0 Å². The van der Waals surface area contributed by atoms with Crippen molar-refractivity contribution in [2.75, 3.05) is 37.6 Å². The molecule has 3 heterocycles. The minimum absolute atomic E-state index is 0.969. The fourth-order valence-electron chi connectivity index (χ4n) is 2.42. The molecular weight excluding hydrogens is 238 g/mol. The van der Waals surface area contributed by atoms with E-state index in [-0.39, 0.29) is 0 Å². The third-order valence-corrected chi connectivity index (χ3v) is 3.55. The lowest BCUT2D eigenvalue weighted by Crippen LogP contribution is -2.47. The summed E-state index contributed by atoms with van der Waals surface area (Å²) in [6, 6.07) is 8.06. The fraction of sp³-hybridized carbons (Fsp3) is 0.429. The molecule has 0 unspecified atom stereocenters. The van der Waals surface area contributed by atoms with Gasteiger partial charge in [-0.05, 0) is 18.2 Å². The number of hydrogen-bond donors (Lipinski definition) is 0. The highest BCUT2D eigenvalue weighted by atomic mass is 15.3. The van der Waals surface area contributed by atoms with Crippen LogP contribution in [0.4, 0.5) is 5.82 Å². The lowest BCUT2D eigenvalue weighted by Gasteiger charge is -2.35. The van der Waals surface area contributed by atoms with Gasteiger partial charge in [0, 0.05) is 51.3 Å². The molecule has 0 N–H and O–H groups in total. The van der Waals surface area contributed by atoms with E-state index >= 15 is 0 Å². The largest absolute Gasteiger partial charge is 0.354 e. The summed E-state index contributed by atoms with van der Waals surface area (Å²) in [5, 5.41) is 4.23. The van der Waals surface area contributed by atoms with Crippen LogP contribution in [0.15, 0.2) is 42.9 Å². The molecule has 0 aromatic carbocycles. The summed E-state index contributed by atoms with van der Waals surface area (Å²) in [6.07, 6.45) is 5.71. The highest BCUT2D eigenvalue weighted by Crippen LogP contribution is 2.12. The van der Waals surface area contributed by atoms with E-state index in [2.05, 4.69) is 25.9 Å². The van der Waals surface area contributed by atoms with Crippen molar-refractivity contribution >= 4 is 5.82 Å². The first-order valence-corrected chi connectivity index (χ1v) is 6.77. The van der Waals surface area contributed by atoms with Crippen LogP contribution in [0.1, 0.15) is 0 Å². The van der Waals surface area contributed by atoms with Crippen molar-refractivity contribution in [3.8, 4) is 0 Å². The van der Waals surface area contributed by atoms with Gasteiger partial charge in [-0.1, -0.05) is 6.07 Å². The molecule has 0 spiro atoms. The standard InChI is InChI=1S/C14H19N5/c1-2-5-15-14(4-1)18-11-8-17(9-12-18)10-13-19-7-3-6-16-19/h1-7H,8-13H2. The zero-order valence-electron chi connectivity index (χ0n) is 11.0. The van der Waals surface area contributed by atoms with Gasteiger partial charge in [0.15, 0.2) is 0 Å². The van der Waals surface area contributed by atoms with E-state index in [1.54, 1.807) is 0 Å². The Morgan fingerprint density at radius 2 is 1.84 bits per heavy atom. The van der Waals surface area contributed by atoms with Gasteiger partial charge in [0.05, 0.1) is 6.54 Å². The Labute approximate surface area is 113 Å². The first-order chi connectivity index (χ1) is 9.42. The Hall–Kier alpha value is -1.88. The summed E-state index contributed by atoms with van der Waals surface area (Å²) in [6.45, 7) is 6.33. The second-order valence-electron chi connectivity index (χ2n) is 4.79. The highest BCUT2D eigenvalue weighted by Gasteiger charge is 2.17. The number of hydrogen-bond acceptors (Lipinski definition) is 4. The lowest BCUT2D eigenvalue weighted by atomic mass is 10.3. The van der Waals surface area contributed by atoms with Gasteiger partial charge in [0.25, 0.3) is 0 Å². The normalized spacial score (nSPS) is 16.7. The molecule has 3 rings (SSSR count). The van der Waals surface area contributed by atoms with Crippen LogP contribution in [-0.4, -0.2) is 52.4 Å². The zero-order valence-corrected chi connectivity index (χ0v) is 11.0. The third kappa shape index (κ3) is 3.12. The first-order valence-electron chi connectivity index (χ1n) is 6.77. The van der Waals surface area contributed by atoms with E-state index in [0.717, 1.165) is 45.1 Å². The Kier molecular flexibility index (Phi) is 3.74. The molecule has 0 saturated carbocycles. The van der Waals surface area contributed by atoms with Gasteiger partial charge in [0.1, 0.15) is 5.82 Å². The van der Waals surface area contributed by atoms with Crippen LogP contribution in [0.2, 0.25) is 0 Å². The van der Waals surface area contributed by atoms with Gasteiger partial charge < -0.3 is 4.90 Å². The summed E-state index contributed by atoms with van der Waals surface area (Å²) in [7, 11) is 0. The van der Waals surface area contributed by atoms with Gasteiger partial charge in [-0.2, -0.15) is 5.10 Å². The van der Waals surface area contributed by atoms with E-state index in [9.17, 15) is 0 Å². The zero-order chi connectivity index (χ0) is 12.9. The average Bonchev–Trinajstić information content (AvgIpc) is 3.00. The van der Waals surface area contributed by atoms with Gasteiger partial charge >= 0.3 is 0 Å². The smallest absolute Gasteiger partial charge is 0.128 e. The number of piperazine rings is 1. The molecule has 0 bridgehead atoms. The number of anilines is 1. The van der Waals surface area contributed by atoms with E-state index in [1.165, 1.54) is 0 Å². The summed E-state index contributed by atoms with van der Waals surface area (Å²) in [5.74, 6) is 1.09. The number of nitrogens with zero attached hydrogens (tertiary/aromatic N) is 5. The topological polar surface area (TPSA) is 37.2 Å². The summed E-state index contributed by atoms with van der Waals surface area (Å²) in [5.41, 5.74) is 0. The molecular formula is C14H19N5. The second kappa shape index (κ2) is 5.84. The molecule has 0 atom stereocenters. The molecule has 2 aromatic rings. The van der Waals surface area contributed by atoms with Crippen molar-refractivity contribution in [3.63, 3.8) is 0 Å². The van der Waals surface area contributed by atoms with Crippen molar-refractivity contribution < 1.29 is 0 Å². The van der Waals surface area contributed by atoms with Crippen molar-refractivity contribution in [3.05, 3.63) is 42.9 Å². The maximum atomic E-state index is 4.41. The highest BCUT2D eigenvalue weighted by molar-refractivity contribution is 5.38. The SMILES string of the molecule is c1ccc(N2CCN(CCn3cccn3)CC2)nc1. The van der Waals surface area contributed by atoms with E-state index in [4.69, 9.17) is 0 Å². The molecule has 2 aromatic heterocycles. The molecule has 5 heteroatoms. The molecule has 0 amide bonds. The van der Waals surface area contributed by atoms with Crippen LogP contribution in [0.3, 0.4) is 0 Å². The molecule has 1 fully saturated rings. The van der Waals surface area contributed by atoms with Crippen molar-refractivity contribution in [1.82, 2.24) is 19.7 Å². The summed E-state index contributed by atoms with van der Waals surface area (Å²) >= 11 is 0. The van der Waals surface area contributed by atoms with E-state index in [1.807, 2.05) is 41.5 Å². The Morgan fingerprint density at radius 1 is 0.947 bits per heavy atom. The average molecular weight is 257 g/mol. The molecule has 1 aliphatic heterocycles. The van der Waals surface area contributed by atoms with Crippen LogP contribution in [-0.2, 0) is 6.54 Å². The molecule has 0 radical (unpaired) electrons. The Morgan fingerprint density at radius 3 is 2.53 bits per heavy atom. The van der Waals surface area contributed by atoms with E-state index < -0.39 is 0 Å². The first kappa shape index (κ1) is 12.2.